The van der Waals surface area contributed by atoms with E-state index in [-0.39, 0.29) is 11.8 Å². The highest BCUT2D eigenvalue weighted by Crippen LogP contribution is 2.41. The Bertz CT molecular complexity index is 781. The van der Waals surface area contributed by atoms with Crippen LogP contribution in [-0.4, -0.2) is 18.9 Å². The molecule has 0 aliphatic carbocycles. The first-order chi connectivity index (χ1) is 11.4. The summed E-state index contributed by atoms with van der Waals surface area (Å²) in [5.41, 5.74) is 3.38. The molecule has 2 amide bonds. The van der Waals surface area contributed by atoms with Crippen molar-refractivity contribution in [3.05, 3.63) is 65.2 Å². The quantitative estimate of drug-likeness (QED) is 0.941. The molecule has 0 unspecified atom stereocenters. The molecule has 4 nitrogen and oxygen atoms in total. The number of hydrogen-bond acceptors (Lipinski definition) is 2. The van der Waals surface area contributed by atoms with Crippen molar-refractivity contribution in [1.29, 1.82) is 0 Å². The first kappa shape index (κ1) is 16.2. The zero-order chi connectivity index (χ0) is 17.3. The fraction of sp³-hybridized carbons (Fsp3) is 0.300. The van der Waals surface area contributed by atoms with Crippen molar-refractivity contribution >= 4 is 17.5 Å². The highest BCUT2D eigenvalue weighted by atomic mass is 16.2. The van der Waals surface area contributed by atoms with Gasteiger partial charge in [0.1, 0.15) is 0 Å². The van der Waals surface area contributed by atoms with Crippen molar-refractivity contribution in [3.63, 3.8) is 0 Å². The molecule has 1 N–H and O–H groups in total. The van der Waals surface area contributed by atoms with E-state index in [0.29, 0.717) is 13.0 Å². The molecule has 1 heterocycles. The van der Waals surface area contributed by atoms with Crippen LogP contribution in [0.1, 0.15) is 30.5 Å². The molecule has 0 spiro atoms. The molecule has 0 saturated heterocycles. The average Bonchev–Trinajstić information content (AvgIpc) is 2.75. The standard InChI is InChI=1S/C20H22N2O2/c1-20(2)16-11-15(9-10-17(16)22(3)19(20)24)12-18(23)21-13-14-7-5-4-6-8-14/h4-11H,12-13H2,1-3H3,(H,21,23). The molecule has 4 heteroatoms. The summed E-state index contributed by atoms with van der Waals surface area (Å²) in [5.74, 6) is 0.0671. The molecule has 0 atom stereocenters. The van der Waals surface area contributed by atoms with Gasteiger partial charge in [-0.1, -0.05) is 42.5 Å². The summed E-state index contributed by atoms with van der Waals surface area (Å²) in [5, 5.41) is 2.94. The Kier molecular flexibility index (Phi) is 4.14. The van der Waals surface area contributed by atoms with E-state index in [2.05, 4.69) is 5.32 Å². The first-order valence-electron chi connectivity index (χ1n) is 8.12. The summed E-state index contributed by atoms with van der Waals surface area (Å²) in [4.78, 5) is 26.2. The molecule has 2 aromatic rings. The summed E-state index contributed by atoms with van der Waals surface area (Å²) >= 11 is 0. The number of amides is 2. The van der Waals surface area contributed by atoms with Crippen molar-refractivity contribution in [2.24, 2.45) is 0 Å². The molecule has 0 saturated carbocycles. The number of nitrogens with one attached hydrogen (secondary N) is 1. The third kappa shape index (κ3) is 2.92. The SMILES string of the molecule is CN1C(=O)C(C)(C)c2cc(CC(=O)NCc3ccccc3)ccc21. The van der Waals surface area contributed by atoms with E-state index in [1.807, 2.05) is 62.4 Å². The van der Waals surface area contributed by atoms with Crippen molar-refractivity contribution in [2.75, 3.05) is 11.9 Å². The van der Waals surface area contributed by atoms with Gasteiger partial charge in [0, 0.05) is 19.3 Å². The molecule has 124 valence electrons. The van der Waals surface area contributed by atoms with Gasteiger partial charge in [0.05, 0.1) is 11.8 Å². The largest absolute Gasteiger partial charge is 0.352 e. The topological polar surface area (TPSA) is 49.4 Å². The number of carbonyl (C=O) groups excluding carboxylic acids is 2. The van der Waals surface area contributed by atoms with Crippen molar-refractivity contribution < 1.29 is 9.59 Å². The first-order valence-corrected chi connectivity index (χ1v) is 8.12. The number of likely N-dealkylation sites (N-methyl/N-ethyl adjacent to an activating group) is 1. The van der Waals surface area contributed by atoms with Crippen LogP contribution in [-0.2, 0) is 28.0 Å². The van der Waals surface area contributed by atoms with Crippen LogP contribution < -0.4 is 10.2 Å². The smallest absolute Gasteiger partial charge is 0.236 e. The van der Waals surface area contributed by atoms with E-state index in [1.165, 1.54) is 0 Å². The number of rotatable bonds is 4. The Morgan fingerprint density at radius 1 is 1.08 bits per heavy atom. The van der Waals surface area contributed by atoms with Gasteiger partial charge in [-0.15, -0.1) is 0 Å². The number of anilines is 1. The Morgan fingerprint density at radius 2 is 1.79 bits per heavy atom. The van der Waals surface area contributed by atoms with Crippen LogP contribution in [0.3, 0.4) is 0 Å². The molecule has 2 aromatic carbocycles. The van der Waals surface area contributed by atoms with Crippen LogP contribution in [0.15, 0.2) is 48.5 Å². The molecule has 0 aromatic heterocycles. The number of carbonyl (C=O) groups is 2. The molecule has 0 fully saturated rings. The zero-order valence-corrected chi connectivity index (χ0v) is 14.3. The predicted octanol–water partition coefficient (Wildman–Crippen LogP) is 2.80. The van der Waals surface area contributed by atoms with Gasteiger partial charge in [-0.05, 0) is 36.6 Å². The second kappa shape index (κ2) is 6.11. The summed E-state index contributed by atoms with van der Waals surface area (Å²) in [6.45, 7) is 4.38. The third-order valence-corrected chi connectivity index (χ3v) is 4.63. The van der Waals surface area contributed by atoms with E-state index in [1.54, 1.807) is 11.9 Å². The highest BCUT2D eigenvalue weighted by Gasteiger charge is 2.42. The normalized spacial score (nSPS) is 15.3. The van der Waals surface area contributed by atoms with Gasteiger partial charge in [-0.25, -0.2) is 0 Å². The van der Waals surface area contributed by atoms with Crippen LogP contribution in [0.2, 0.25) is 0 Å². The van der Waals surface area contributed by atoms with E-state index >= 15 is 0 Å². The van der Waals surface area contributed by atoms with E-state index in [4.69, 9.17) is 0 Å². The minimum absolute atomic E-state index is 0.0192. The maximum Gasteiger partial charge on any atom is 0.236 e. The zero-order valence-electron chi connectivity index (χ0n) is 14.3. The lowest BCUT2D eigenvalue weighted by Crippen LogP contribution is -2.33. The average molecular weight is 322 g/mol. The Hall–Kier alpha value is -2.62. The lowest BCUT2D eigenvalue weighted by atomic mass is 9.85. The van der Waals surface area contributed by atoms with Gasteiger partial charge in [-0.3, -0.25) is 9.59 Å². The maximum atomic E-state index is 12.3. The van der Waals surface area contributed by atoms with Crippen LogP contribution in [0, 0.1) is 0 Å². The Labute approximate surface area is 142 Å². The predicted molar refractivity (Wildman–Crippen MR) is 94.9 cm³/mol. The highest BCUT2D eigenvalue weighted by molar-refractivity contribution is 6.07. The molecule has 24 heavy (non-hydrogen) atoms. The minimum atomic E-state index is -0.541. The third-order valence-electron chi connectivity index (χ3n) is 4.63. The number of hydrogen-bond donors (Lipinski definition) is 1. The van der Waals surface area contributed by atoms with Gasteiger partial charge in [-0.2, -0.15) is 0 Å². The fourth-order valence-corrected chi connectivity index (χ4v) is 3.17. The van der Waals surface area contributed by atoms with E-state index in [0.717, 1.165) is 22.4 Å². The van der Waals surface area contributed by atoms with Gasteiger partial charge in [0.2, 0.25) is 11.8 Å². The molecule has 0 bridgehead atoms. The van der Waals surface area contributed by atoms with E-state index in [9.17, 15) is 9.59 Å². The number of benzene rings is 2. The fourth-order valence-electron chi connectivity index (χ4n) is 3.17. The lowest BCUT2D eigenvalue weighted by molar-refractivity contribution is -0.122. The molecule has 1 aliphatic rings. The van der Waals surface area contributed by atoms with Crippen molar-refractivity contribution in [3.8, 4) is 0 Å². The van der Waals surface area contributed by atoms with Crippen LogP contribution in [0.4, 0.5) is 5.69 Å². The monoisotopic (exact) mass is 322 g/mol. The van der Waals surface area contributed by atoms with Crippen molar-refractivity contribution in [2.45, 2.75) is 32.2 Å². The van der Waals surface area contributed by atoms with Crippen molar-refractivity contribution in [1.82, 2.24) is 5.32 Å². The molecule has 3 rings (SSSR count). The minimum Gasteiger partial charge on any atom is -0.352 e. The van der Waals surface area contributed by atoms with Gasteiger partial charge < -0.3 is 10.2 Å². The maximum absolute atomic E-state index is 12.3. The second-order valence-electron chi connectivity index (χ2n) is 6.78. The molecular weight excluding hydrogens is 300 g/mol. The van der Waals surface area contributed by atoms with Crippen LogP contribution in [0.25, 0.3) is 0 Å². The molecular formula is C20H22N2O2. The molecule has 1 aliphatic heterocycles. The lowest BCUT2D eigenvalue weighted by Gasteiger charge is -2.16. The van der Waals surface area contributed by atoms with Crippen LogP contribution in [0.5, 0.6) is 0 Å². The molecule has 0 radical (unpaired) electrons. The second-order valence-corrected chi connectivity index (χ2v) is 6.78. The van der Waals surface area contributed by atoms with Gasteiger partial charge >= 0.3 is 0 Å². The summed E-state index contributed by atoms with van der Waals surface area (Å²) in [6, 6.07) is 15.7. The van der Waals surface area contributed by atoms with Gasteiger partial charge in [0.25, 0.3) is 0 Å². The summed E-state index contributed by atoms with van der Waals surface area (Å²) < 4.78 is 0. The van der Waals surface area contributed by atoms with Gasteiger partial charge in [0.15, 0.2) is 0 Å². The Morgan fingerprint density at radius 3 is 2.50 bits per heavy atom. The summed E-state index contributed by atoms with van der Waals surface area (Å²) in [6.07, 6.45) is 0.314. The summed E-state index contributed by atoms with van der Waals surface area (Å²) in [7, 11) is 1.79. The number of nitrogens with zero attached hydrogens (tertiary/aromatic N) is 1. The van der Waals surface area contributed by atoms with Crippen LogP contribution >= 0.6 is 0 Å². The number of fused-ring (bicyclic) bond motifs is 1. The van der Waals surface area contributed by atoms with E-state index < -0.39 is 5.41 Å². The Balaban J connectivity index is 1.70.